The van der Waals surface area contributed by atoms with E-state index in [9.17, 15) is 9.59 Å². The molecular weight excluding hydrogens is 524 g/mol. The molecule has 1 N–H and O–H groups in total. The third kappa shape index (κ3) is 9.84. The number of carbonyl (C=O) groups excluding carboxylic acids is 2. The maximum absolute atomic E-state index is 13.9. The van der Waals surface area contributed by atoms with Gasteiger partial charge >= 0.3 is 0 Å². The van der Waals surface area contributed by atoms with Crippen molar-refractivity contribution in [3.05, 3.63) is 65.7 Å². The summed E-state index contributed by atoms with van der Waals surface area (Å²) in [5.41, 5.74) is 2.12. The molecule has 0 spiro atoms. The zero-order chi connectivity index (χ0) is 29.9. The van der Waals surface area contributed by atoms with Crippen LogP contribution in [-0.2, 0) is 22.6 Å². The second-order valence-electron chi connectivity index (χ2n) is 12.9. The van der Waals surface area contributed by atoms with Gasteiger partial charge in [-0.2, -0.15) is 0 Å². The number of hydrogen-bond donors (Lipinski definition) is 1. The molecule has 0 unspecified atom stereocenters. The van der Waals surface area contributed by atoms with Crippen LogP contribution < -0.4 is 10.1 Å². The summed E-state index contributed by atoms with van der Waals surface area (Å²) in [6, 6.07) is 17.2. The van der Waals surface area contributed by atoms with Gasteiger partial charge in [0.15, 0.2) is 0 Å². The van der Waals surface area contributed by atoms with Gasteiger partial charge in [0, 0.05) is 39.1 Å². The molecule has 42 heavy (non-hydrogen) atoms. The Morgan fingerprint density at radius 3 is 2.24 bits per heavy atom. The standard InChI is InChI=1S/C35H52N4O3/c1-27(2)23-33(38(4)25-29-11-7-5-8-12-29)34(40)36-32(35(41)39-21-19-37(3)20-22-39)24-28-15-17-31(18-16-28)42-26-30-13-9-6-10-14-30/h6,9-10,13-18,27,29,32-33H,5,7-8,11-12,19-26H2,1-4H3,(H,36,40)/t32-,33+/m0/s1. The Morgan fingerprint density at radius 2 is 1.60 bits per heavy atom. The molecule has 7 heteroatoms. The van der Waals surface area contributed by atoms with E-state index < -0.39 is 6.04 Å². The Bertz CT molecular complexity index is 1090. The number of amides is 2. The second-order valence-corrected chi connectivity index (χ2v) is 12.9. The van der Waals surface area contributed by atoms with Crippen molar-refractivity contribution >= 4 is 11.8 Å². The fourth-order valence-corrected chi connectivity index (χ4v) is 6.25. The van der Waals surface area contributed by atoms with Gasteiger partial charge in [0.05, 0.1) is 6.04 Å². The second kappa shape index (κ2) is 16.1. The summed E-state index contributed by atoms with van der Waals surface area (Å²) in [6.07, 6.45) is 7.63. The summed E-state index contributed by atoms with van der Waals surface area (Å²) in [5, 5.41) is 3.24. The van der Waals surface area contributed by atoms with Crippen LogP contribution in [0.1, 0.15) is 63.5 Å². The van der Waals surface area contributed by atoms with Gasteiger partial charge in [0.1, 0.15) is 18.4 Å². The Balaban J connectivity index is 1.45. The third-order valence-electron chi connectivity index (χ3n) is 8.84. The molecule has 0 radical (unpaired) electrons. The number of carbonyl (C=O) groups is 2. The fourth-order valence-electron chi connectivity index (χ4n) is 6.25. The molecule has 7 nitrogen and oxygen atoms in total. The molecule has 0 bridgehead atoms. The molecule has 2 amide bonds. The summed E-state index contributed by atoms with van der Waals surface area (Å²) in [6.45, 7) is 8.85. The number of nitrogens with zero attached hydrogens (tertiary/aromatic N) is 3. The predicted molar refractivity (Wildman–Crippen MR) is 169 cm³/mol. The highest BCUT2D eigenvalue weighted by atomic mass is 16.5. The molecule has 1 heterocycles. The predicted octanol–water partition coefficient (Wildman–Crippen LogP) is 4.99. The summed E-state index contributed by atoms with van der Waals surface area (Å²) >= 11 is 0. The van der Waals surface area contributed by atoms with Gasteiger partial charge in [-0.1, -0.05) is 75.6 Å². The minimum Gasteiger partial charge on any atom is -0.489 e. The monoisotopic (exact) mass is 576 g/mol. The van der Waals surface area contributed by atoms with Crippen LogP contribution >= 0.6 is 0 Å². The summed E-state index contributed by atoms with van der Waals surface area (Å²) in [5.74, 6) is 1.80. The van der Waals surface area contributed by atoms with Crippen molar-refractivity contribution in [3.63, 3.8) is 0 Å². The smallest absolute Gasteiger partial charge is 0.245 e. The van der Waals surface area contributed by atoms with E-state index >= 15 is 0 Å². The van der Waals surface area contributed by atoms with Crippen LogP contribution in [0.5, 0.6) is 5.75 Å². The van der Waals surface area contributed by atoms with Crippen LogP contribution in [0.4, 0.5) is 0 Å². The number of benzene rings is 2. The highest BCUT2D eigenvalue weighted by Gasteiger charge is 2.33. The molecule has 1 aliphatic carbocycles. The Kier molecular flexibility index (Phi) is 12.3. The third-order valence-corrected chi connectivity index (χ3v) is 8.84. The van der Waals surface area contributed by atoms with E-state index in [1.165, 1.54) is 32.1 Å². The van der Waals surface area contributed by atoms with Crippen LogP contribution in [-0.4, -0.2) is 85.4 Å². The number of ether oxygens (including phenoxy) is 1. The van der Waals surface area contributed by atoms with Crippen LogP contribution in [0.25, 0.3) is 0 Å². The molecule has 2 fully saturated rings. The van der Waals surface area contributed by atoms with E-state index in [0.717, 1.165) is 42.9 Å². The minimum absolute atomic E-state index is 0.0130. The first-order valence-corrected chi connectivity index (χ1v) is 16.0. The van der Waals surface area contributed by atoms with Crippen molar-refractivity contribution in [1.82, 2.24) is 20.0 Å². The van der Waals surface area contributed by atoms with E-state index in [0.29, 0.717) is 38.0 Å². The van der Waals surface area contributed by atoms with Crippen molar-refractivity contribution in [1.29, 1.82) is 0 Å². The quantitative estimate of drug-likeness (QED) is 0.364. The molecule has 2 aromatic carbocycles. The number of likely N-dealkylation sites (N-methyl/N-ethyl adjacent to an activating group) is 2. The van der Waals surface area contributed by atoms with Crippen molar-refractivity contribution in [3.8, 4) is 5.75 Å². The van der Waals surface area contributed by atoms with Crippen molar-refractivity contribution in [2.75, 3.05) is 46.8 Å². The van der Waals surface area contributed by atoms with E-state index in [4.69, 9.17) is 4.74 Å². The topological polar surface area (TPSA) is 65.1 Å². The van der Waals surface area contributed by atoms with Gasteiger partial charge in [-0.15, -0.1) is 0 Å². The zero-order valence-corrected chi connectivity index (χ0v) is 26.3. The number of nitrogens with one attached hydrogen (secondary N) is 1. The normalized spacial score (nSPS) is 18.2. The fraction of sp³-hybridized carbons (Fsp3) is 0.600. The molecule has 1 aliphatic heterocycles. The van der Waals surface area contributed by atoms with Gasteiger partial charge in [0.2, 0.25) is 11.8 Å². The lowest BCUT2D eigenvalue weighted by atomic mass is 9.88. The zero-order valence-electron chi connectivity index (χ0n) is 26.3. The molecule has 2 aliphatic rings. The van der Waals surface area contributed by atoms with Gasteiger partial charge in [-0.3, -0.25) is 14.5 Å². The van der Waals surface area contributed by atoms with Crippen LogP contribution in [0.2, 0.25) is 0 Å². The van der Waals surface area contributed by atoms with Gasteiger partial charge in [0.25, 0.3) is 0 Å². The first kappa shape index (κ1) is 32.0. The van der Waals surface area contributed by atoms with E-state index in [1.54, 1.807) is 0 Å². The molecule has 4 rings (SSSR count). The first-order valence-electron chi connectivity index (χ1n) is 16.0. The first-order chi connectivity index (χ1) is 20.3. The van der Waals surface area contributed by atoms with Crippen LogP contribution in [0.15, 0.2) is 54.6 Å². The Hall–Kier alpha value is -2.90. The molecular formula is C35H52N4O3. The number of piperazine rings is 1. The van der Waals surface area contributed by atoms with Crippen molar-refractivity contribution in [2.24, 2.45) is 11.8 Å². The summed E-state index contributed by atoms with van der Waals surface area (Å²) in [4.78, 5) is 34.2. The SMILES string of the molecule is CC(C)C[C@H](C(=O)N[C@@H](Cc1ccc(OCc2ccccc2)cc1)C(=O)N1CCN(C)CC1)N(C)CC1CCCCC1. The lowest BCUT2D eigenvalue weighted by Crippen LogP contribution is -2.57. The average molecular weight is 577 g/mol. The highest BCUT2D eigenvalue weighted by Crippen LogP contribution is 2.25. The van der Waals surface area contributed by atoms with E-state index in [2.05, 4.69) is 43.1 Å². The van der Waals surface area contributed by atoms with E-state index in [1.807, 2.05) is 59.5 Å². The lowest BCUT2D eigenvalue weighted by Gasteiger charge is -2.36. The maximum atomic E-state index is 13.9. The lowest BCUT2D eigenvalue weighted by molar-refractivity contribution is -0.139. The highest BCUT2D eigenvalue weighted by molar-refractivity contribution is 5.90. The van der Waals surface area contributed by atoms with Gasteiger partial charge in [-0.05, 0) is 68.5 Å². The van der Waals surface area contributed by atoms with E-state index in [-0.39, 0.29) is 17.9 Å². The number of rotatable bonds is 13. The van der Waals surface area contributed by atoms with Gasteiger partial charge in [-0.25, -0.2) is 0 Å². The van der Waals surface area contributed by atoms with Crippen molar-refractivity contribution in [2.45, 2.75) is 77.5 Å². The van der Waals surface area contributed by atoms with Crippen LogP contribution in [0, 0.1) is 11.8 Å². The molecule has 0 aromatic heterocycles. The number of hydrogen-bond acceptors (Lipinski definition) is 5. The molecule has 2 aromatic rings. The molecule has 1 saturated carbocycles. The largest absolute Gasteiger partial charge is 0.489 e. The molecule has 230 valence electrons. The van der Waals surface area contributed by atoms with Crippen molar-refractivity contribution < 1.29 is 14.3 Å². The maximum Gasteiger partial charge on any atom is 0.245 e. The molecule has 2 atom stereocenters. The summed E-state index contributed by atoms with van der Waals surface area (Å²) < 4.78 is 5.97. The van der Waals surface area contributed by atoms with Gasteiger partial charge < -0.3 is 19.9 Å². The Labute approximate surface area is 253 Å². The minimum atomic E-state index is -0.602. The summed E-state index contributed by atoms with van der Waals surface area (Å²) in [7, 11) is 4.17. The van der Waals surface area contributed by atoms with Crippen LogP contribution in [0.3, 0.4) is 0 Å². The Morgan fingerprint density at radius 1 is 0.929 bits per heavy atom. The average Bonchev–Trinajstić information content (AvgIpc) is 3.00. The molecule has 1 saturated heterocycles.